The molecule has 2 heterocycles. The molecule has 1 aliphatic rings. The number of benzene rings is 1. The molecule has 156 valence electrons. The molecule has 5 nitrogen and oxygen atoms in total. The molecule has 2 aromatic heterocycles. The second kappa shape index (κ2) is 9.76. The summed E-state index contributed by atoms with van der Waals surface area (Å²) in [5.41, 5.74) is 0.962. The largest absolute Gasteiger partial charge is 0.467 e. The van der Waals surface area contributed by atoms with E-state index in [-0.39, 0.29) is 17.9 Å². The summed E-state index contributed by atoms with van der Waals surface area (Å²) in [6, 6.07) is 16.2. The van der Waals surface area contributed by atoms with E-state index in [9.17, 15) is 9.59 Å². The quantitative estimate of drug-likeness (QED) is 0.571. The van der Waals surface area contributed by atoms with Crippen LogP contribution >= 0.6 is 11.3 Å². The summed E-state index contributed by atoms with van der Waals surface area (Å²) in [4.78, 5) is 29.1. The van der Waals surface area contributed by atoms with Crippen LogP contribution in [0.4, 0.5) is 0 Å². The van der Waals surface area contributed by atoms with Crippen LogP contribution in [-0.2, 0) is 11.3 Å². The van der Waals surface area contributed by atoms with E-state index >= 15 is 0 Å². The van der Waals surface area contributed by atoms with E-state index in [1.807, 2.05) is 41.8 Å². The third-order valence-electron chi connectivity index (χ3n) is 5.51. The monoisotopic (exact) mass is 422 g/mol. The number of hydrogen-bond acceptors (Lipinski definition) is 4. The summed E-state index contributed by atoms with van der Waals surface area (Å²) in [5, 5.41) is 5.06. The van der Waals surface area contributed by atoms with Crippen molar-refractivity contribution in [2.45, 2.75) is 50.7 Å². The molecule has 1 atom stereocenters. The minimum Gasteiger partial charge on any atom is -0.467 e. The summed E-state index contributed by atoms with van der Waals surface area (Å²) >= 11 is 1.38. The Bertz CT molecular complexity index is 932. The maximum absolute atomic E-state index is 13.5. The number of furan rings is 1. The van der Waals surface area contributed by atoms with Gasteiger partial charge in [-0.05, 0) is 42.0 Å². The zero-order chi connectivity index (χ0) is 20.8. The molecular weight excluding hydrogens is 396 g/mol. The second-order valence-corrected chi connectivity index (χ2v) is 8.61. The maximum Gasteiger partial charge on any atom is 0.265 e. The van der Waals surface area contributed by atoms with Crippen molar-refractivity contribution in [3.8, 4) is 0 Å². The maximum atomic E-state index is 13.5. The summed E-state index contributed by atoms with van der Waals surface area (Å²) in [5.74, 6) is 0.121. The van der Waals surface area contributed by atoms with Gasteiger partial charge in [-0.15, -0.1) is 11.3 Å². The Labute approximate surface area is 180 Å². The molecule has 0 bridgehead atoms. The topological polar surface area (TPSA) is 62.6 Å². The first-order valence-corrected chi connectivity index (χ1v) is 11.3. The van der Waals surface area contributed by atoms with E-state index in [0.717, 1.165) is 31.2 Å². The molecule has 4 rings (SSSR count). The summed E-state index contributed by atoms with van der Waals surface area (Å²) in [6.45, 7) is 0.320. The van der Waals surface area contributed by atoms with E-state index in [1.54, 1.807) is 29.4 Å². The predicted octanol–water partition coefficient (Wildman–Crippen LogP) is 5.17. The van der Waals surface area contributed by atoms with Crippen molar-refractivity contribution in [3.63, 3.8) is 0 Å². The molecule has 0 saturated heterocycles. The average molecular weight is 423 g/mol. The van der Waals surface area contributed by atoms with Gasteiger partial charge in [-0.1, -0.05) is 55.7 Å². The lowest BCUT2D eigenvalue weighted by atomic mass is 9.95. The Morgan fingerprint density at radius 3 is 2.50 bits per heavy atom. The SMILES string of the molecule is O=C(NC1CCCCC1)[C@H](c1ccco1)N(Cc1ccccc1)C(=O)c1cccs1. The molecule has 1 fully saturated rings. The molecule has 3 aromatic rings. The van der Waals surface area contributed by atoms with Gasteiger partial charge >= 0.3 is 0 Å². The number of thiophene rings is 1. The van der Waals surface area contributed by atoms with Crippen LogP contribution in [0.5, 0.6) is 0 Å². The van der Waals surface area contributed by atoms with Gasteiger partial charge < -0.3 is 14.6 Å². The van der Waals surface area contributed by atoms with E-state index in [2.05, 4.69) is 5.32 Å². The van der Waals surface area contributed by atoms with Gasteiger partial charge in [-0.25, -0.2) is 0 Å². The number of amides is 2. The lowest BCUT2D eigenvalue weighted by Crippen LogP contribution is -2.46. The molecule has 0 aliphatic heterocycles. The van der Waals surface area contributed by atoms with E-state index in [4.69, 9.17) is 4.42 Å². The fourth-order valence-corrected chi connectivity index (χ4v) is 4.68. The molecule has 0 radical (unpaired) electrons. The fraction of sp³-hybridized carbons (Fsp3) is 0.333. The summed E-state index contributed by atoms with van der Waals surface area (Å²) in [7, 11) is 0. The number of carbonyl (C=O) groups excluding carboxylic acids is 2. The molecule has 1 aliphatic carbocycles. The van der Waals surface area contributed by atoms with Crippen LogP contribution in [0.3, 0.4) is 0 Å². The predicted molar refractivity (Wildman–Crippen MR) is 117 cm³/mol. The van der Waals surface area contributed by atoms with Crippen molar-refractivity contribution in [3.05, 3.63) is 82.4 Å². The lowest BCUT2D eigenvalue weighted by molar-refractivity contribution is -0.127. The highest BCUT2D eigenvalue weighted by atomic mass is 32.1. The van der Waals surface area contributed by atoms with Crippen molar-refractivity contribution in [2.24, 2.45) is 0 Å². The van der Waals surface area contributed by atoms with Gasteiger partial charge in [0.25, 0.3) is 11.8 Å². The molecule has 1 N–H and O–H groups in total. The lowest BCUT2D eigenvalue weighted by Gasteiger charge is -2.32. The van der Waals surface area contributed by atoms with Crippen LogP contribution in [0.25, 0.3) is 0 Å². The van der Waals surface area contributed by atoms with Crippen LogP contribution in [-0.4, -0.2) is 22.8 Å². The van der Waals surface area contributed by atoms with Crippen LogP contribution < -0.4 is 5.32 Å². The molecule has 2 amide bonds. The van der Waals surface area contributed by atoms with Gasteiger partial charge in [0, 0.05) is 12.6 Å². The highest BCUT2D eigenvalue weighted by Crippen LogP contribution is 2.28. The number of nitrogens with zero attached hydrogens (tertiary/aromatic N) is 1. The van der Waals surface area contributed by atoms with Crippen LogP contribution in [0.15, 0.2) is 70.7 Å². The first kappa shape index (κ1) is 20.4. The van der Waals surface area contributed by atoms with Gasteiger partial charge in [0.05, 0.1) is 11.1 Å². The van der Waals surface area contributed by atoms with Crippen LogP contribution in [0.2, 0.25) is 0 Å². The second-order valence-electron chi connectivity index (χ2n) is 7.66. The third-order valence-corrected chi connectivity index (χ3v) is 6.37. The van der Waals surface area contributed by atoms with Gasteiger partial charge in [0.15, 0.2) is 6.04 Å². The number of rotatable bonds is 7. The summed E-state index contributed by atoms with van der Waals surface area (Å²) < 4.78 is 5.64. The first-order chi connectivity index (χ1) is 14.7. The molecule has 0 unspecified atom stereocenters. The Hall–Kier alpha value is -2.86. The van der Waals surface area contributed by atoms with Gasteiger partial charge in [-0.2, -0.15) is 0 Å². The van der Waals surface area contributed by atoms with Crippen molar-refractivity contribution in [1.29, 1.82) is 0 Å². The Morgan fingerprint density at radius 2 is 1.83 bits per heavy atom. The average Bonchev–Trinajstić information content (AvgIpc) is 3.49. The minimum absolute atomic E-state index is 0.152. The van der Waals surface area contributed by atoms with Crippen molar-refractivity contribution >= 4 is 23.2 Å². The van der Waals surface area contributed by atoms with Gasteiger partial charge in [0.2, 0.25) is 0 Å². The molecule has 0 spiro atoms. The van der Waals surface area contributed by atoms with Crippen molar-refractivity contribution in [2.75, 3.05) is 0 Å². The van der Waals surface area contributed by atoms with Crippen LogP contribution in [0.1, 0.15) is 59.1 Å². The number of nitrogens with one attached hydrogen (secondary N) is 1. The highest BCUT2D eigenvalue weighted by Gasteiger charge is 2.35. The minimum atomic E-state index is -0.822. The van der Waals surface area contributed by atoms with Gasteiger partial charge in [0.1, 0.15) is 5.76 Å². The Kier molecular flexibility index (Phi) is 6.64. The molecular formula is C24H26N2O3S. The van der Waals surface area contributed by atoms with Crippen LogP contribution in [0, 0.1) is 0 Å². The fourth-order valence-electron chi connectivity index (χ4n) is 4.00. The van der Waals surface area contributed by atoms with E-state index in [0.29, 0.717) is 17.2 Å². The zero-order valence-electron chi connectivity index (χ0n) is 16.8. The molecule has 1 aromatic carbocycles. The first-order valence-electron chi connectivity index (χ1n) is 10.4. The smallest absolute Gasteiger partial charge is 0.265 e. The number of carbonyl (C=O) groups is 2. The summed E-state index contributed by atoms with van der Waals surface area (Å²) in [6.07, 6.45) is 6.97. The van der Waals surface area contributed by atoms with Crippen molar-refractivity contribution in [1.82, 2.24) is 10.2 Å². The normalized spacial score (nSPS) is 15.5. The highest BCUT2D eigenvalue weighted by molar-refractivity contribution is 7.12. The van der Waals surface area contributed by atoms with E-state index in [1.165, 1.54) is 17.8 Å². The third kappa shape index (κ3) is 4.82. The van der Waals surface area contributed by atoms with Crippen molar-refractivity contribution < 1.29 is 14.0 Å². The van der Waals surface area contributed by atoms with E-state index < -0.39 is 6.04 Å². The number of hydrogen-bond donors (Lipinski definition) is 1. The molecule has 30 heavy (non-hydrogen) atoms. The Balaban J connectivity index is 1.66. The zero-order valence-corrected chi connectivity index (χ0v) is 17.6. The molecule has 6 heteroatoms. The standard InChI is InChI=1S/C24H26N2O3S/c27-23(25-19-11-5-2-6-12-19)22(20-13-7-15-29-20)26(17-18-9-3-1-4-10-18)24(28)21-14-8-16-30-21/h1,3-4,7-10,13-16,19,22H,2,5-6,11-12,17H2,(H,25,27)/t22-/m0/s1. The Morgan fingerprint density at radius 1 is 1.03 bits per heavy atom. The van der Waals surface area contributed by atoms with Gasteiger partial charge in [-0.3, -0.25) is 9.59 Å². The molecule has 1 saturated carbocycles.